The molecule has 4 aliphatic carbocycles. The lowest BCUT2D eigenvalue weighted by molar-refractivity contribution is -0.167. The van der Waals surface area contributed by atoms with Crippen LogP contribution in [0, 0.1) is 40.4 Å². The summed E-state index contributed by atoms with van der Waals surface area (Å²) in [6, 6.07) is 10.3. The quantitative estimate of drug-likeness (QED) is 0.435. The molecule has 4 fully saturated rings. The molecule has 0 radical (unpaired) electrons. The van der Waals surface area contributed by atoms with Gasteiger partial charge < -0.3 is 9.84 Å². The summed E-state index contributed by atoms with van der Waals surface area (Å²) in [5.41, 5.74) is 1.01. The van der Waals surface area contributed by atoms with Gasteiger partial charge >= 0.3 is 0 Å². The number of fused-ring (bicyclic) bond motifs is 5. The molecule has 1 aromatic rings. The summed E-state index contributed by atoms with van der Waals surface area (Å²) < 4.78 is 6.01. The van der Waals surface area contributed by atoms with Crippen LogP contribution in [0.15, 0.2) is 30.3 Å². The molecule has 0 spiro atoms. The Bertz CT molecular complexity index is 858. The Morgan fingerprint density at radius 3 is 2.52 bits per heavy atom. The molecule has 4 saturated carbocycles. The van der Waals surface area contributed by atoms with Crippen LogP contribution < -0.4 is 0 Å². The van der Waals surface area contributed by atoms with Crippen LogP contribution in [0.25, 0.3) is 0 Å². The maximum Gasteiger partial charge on any atom is 0.147 e. The number of carbonyl (C=O) groups excluding carboxylic acids is 1. The van der Waals surface area contributed by atoms with Crippen molar-refractivity contribution in [2.75, 3.05) is 11.9 Å². The molecule has 1 aromatic carbocycles. The lowest BCUT2D eigenvalue weighted by Crippen LogP contribution is -2.57. The number of ketones is 1. The third-order valence-electron chi connectivity index (χ3n) is 10.8. The standard InChI is InChI=1S/C29H41BrO3/c1-27-14-15-29(32,19-33-18-20-6-4-3-5-7-20)16-21(27)8-9-22-23-10-11-25(26(31)17-30)28(23,2)13-12-24(22)27/h3-7,21-25,32H,8-19H2,1-2H3/t21-,22-,23-,24-,25+,27-,28-,29+/m0/s1. The lowest BCUT2D eigenvalue weighted by atomic mass is 9.44. The van der Waals surface area contributed by atoms with Gasteiger partial charge in [0, 0.05) is 5.92 Å². The van der Waals surface area contributed by atoms with Crippen LogP contribution in [0.3, 0.4) is 0 Å². The zero-order valence-electron chi connectivity index (χ0n) is 20.4. The summed E-state index contributed by atoms with van der Waals surface area (Å²) in [6.45, 7) is 5.99. The predicted octanol–water partition coefficient (Wildman–Crippen LogP) is 6.56. The molecule has 0 aromatic heterocycles. The van der Waals surface area contributed by atoms with Crippen molar-refractivity contribution < 1.29 is 14.6 Å². The summed E-state index contributed by atoms with van der Waals surface area (Å²) in [5, 5.41) is 12.0. The Morgan fingerprint density at radius 2 is 1.76 bits per heavy atom. The first kappa shape index (κ1) is 24.0. The van der Waals surface area contributed by atoms with Crippen molar-refractivity contribution in [2.24, 2.45) is 40.4 Å². The van der Waals surface area contributed by atoms with Gasteiger partial charge in [0.1, 0.15) is 5.78 Å². The molecule has 1 N–H and O–H groups in total. The zero-order valence-corrected chi connectivity index (χ0v) is 22.0. The molecule has 0 heterocycles. The number of ether oxygens (including phenoxy) is 1. The van der Waals surface area contributed by atoms with Crippen molar-refractivity contribution in [2.45, 2.75) is 83.8 Å². The molecular formula is C29H41BrO3. The number of hydrogen-bond acceptors (Lipinski definition) is 3. The van der Waals surface area contributed by atoms with Crippen molar-refractivity contribution in [1.29, 1.82) is 0 Å². The van der Waals surface area contributed by atoms with Crippen LogP contribution in [0.1, 0.15) is 77.2 Å². The molecule has 0 bridgehead atoms. The minimum Gasteiger partial charge on any atom is -0.387 e. The van der Waals surface area contributed by atoms with E-state index in [9.17, 15) is 9.90 Å². The Balaban J connectivity index is 1.25. The van der Waals surface area contributed by atoms with Crippen molar-refractivity contribution in [3.8, 4) is 0 Å². The maximum atomic E-state index is 12.7. The number of hydrogen-bond donors (Lipinski definition) is 1. The third kappa shape index (κ3) is 4.16. The van der Waals surface area contributed by atoms with Gasteiger partial charge in [0.05, 0.1) is 24.1 Å². The average molecular weight is 518 g/mol. The molecule has 4 heteroatoms. The fourth-order valence-electron chi connectivity index (χ4n) is 9.01. The maximum absolute atomic E-state index is 12.7. The molecule has 8 atom stereocenters. The fraction of sp³-hybridized carbons (Fsp3) is 0.759. The normalized spacial score (nSPS) is 44.5. The Kier molecular flexibility index (Phi) is 6.59. The second-order valence-electron chi connectivity index (χ2n) is 12.3. The van der Waals surface area contributed by atoms with Crippen molar-refractivity contribution in [3.05, 3.63) is 35.9 Å². The van der Waals surface area contributed by atoms with Gasteiger partial charge in [-0.3, -0.25) is 4.79 Å². The van der Waals surface area contributed by atoms with E-state index in [4.69, 9.17) is 4.74 Å². The molecule has 3 nitrogen and oxygen atoms in total. The first-order chi connectivity index (χ1) is 15.8. The number of halogens is 1. The van der Waals surface area contributed by atoms with E-state index in [0.717, 1.165) is 37.5 Å². The Hall–Kier alpha value is -0.710. The average Bonchev–Trinajstić information content (AvgIpc) is 3.17. The third-order valence-corrected chi connectivity index (χ3v) is 11.4. The minimum atomic E-state index is -0.685. The van der Waals surface area contributed by atoms with Crippen LogP contribution in [0.4, 0.5) is 0 Å². The van der Waals surface area contributed by atoms with E-state index in [-0.39, 0.29) is 11.3 Å². The number of carbonyl (C=O) groups is 1. The molecule has 5 rings (SSSR count). The van der Waals surface area contributed by atoms with Crippen molar-refractivity contribution in [1.82, 2.24) is 0 Å². The molecule has 0 saturated heterocycles. The van der Waals surface area contributed by atoms with Gasteiger partial charge in [-0.1, -0.05) is 60.1 Å². The Labute approximate surface area is 208 Å². The summed E-state index contributed by atoms with van der Waals surface area (Å²) in [5.74, 6) is 3.49. The molecule has 0 aliphatic heterocycles. The predicted molar refractivity (Wildman–Crippen MR) is 135 cm³/mol. The zero-order chi connectivity index (χ0) is 23.3. The smallest absolute Gasteiger partial charge is 0.147 e. The van der Waals surface area contributed by atoms with Gasteiger partial charge in [-0.25, -0.2) is 0 Å². The van der Waals surface area contributed by atoms with E-state index >= 15 is 0 Å². The summed E-state index contributed by atoms with van der Waals surface area (Å²) in [4.78, 5) is 12.7. The van der Waals surface area contributed by atoms with E-state index < -0.39 is 5.60 Å². The van der Waals surface area contributed by atoms with E-state index in [1.165, 1.54) is 37.7 Å². The molecular weight excluding hydrogens is 476 g/mol. The highest BCUT2D eigenvalue weighted by atomic mass is 79.9. The van der Waals surface area contributed by atoms with Crippen LogP contribution >= 0.6 is 15.9 Å². The number of benzene rings is 1. The molecule has 0 unspecified atom stereocenters. The monoisotopic (exact) mass is 516 g/mol. The van der Waals surface area contributed by atoms with Crippen molar-refractivity contribution >= 4 is 21.7 Å². The SMILES string of the molecule is C[C@]12CC[C@](O)(COCc3ccccc3)C[C@@H]1CC[C@@H]1[C@@H]2CC[C@]2(C)[C@@H](C(=O)CBr)CC[C@@H]12. The van der Waals surface area contributed by atoms with E-state index in [1.54, 1.807) is 0 Å². The van der Waals surface area contributed by atoms with Gasteiger partial charge in [0.2, 0.25) is 0 Å². The van der Waals surface area contributed by atoms with Gasteiger partial charge in [-0.15, -0.1) is 0 Å². The van der Waals surface area contributed by atoms with E-state index in [0.29, 0.717) is 41.6 Å². The van der Waals surface area contributed by atoms with Gasteiger partial charge in [0.25, 0.3) is 0 Å². The second kappa shape index (κ2) is 9.06. The van der Waals surface area contributed by atoms with Crippen LogP contribution in [0.5, 0.6) is 0 Å². The first-order valence-electron chi connectivity index (χ1n) is 13.2. The highest BCUT2D eigenvalue weighted by Gasteiger charge is 2.62. The Morgan fingerprint density at radius 1 is 1.00 bits per heavy atom. The minimum absolute atomic E-state index is 0.204. The van der Waals surface area contributed by atoms with Gasteiger partial charge in [0.15, 0.2) is 0 Å². The first-order valence-corrected chi connectivity index (χ1v) is 14.3. The van der Waals surface area contributed by atoms with Crippen molar-refractivity contribution in [3.63, 3.8) is 0 Å². The van der Waals surface area contributed by atoms with Crippen LogP contribution in [-0.4, -0.2) is 28.4 Å². The highest BCUT2D eigenvalue weighted by Crippen LogP contribution is 2.68. The van der Waals surface area contributed by atoms with E-state index in [1.807, 2.05) is 18.2 Å². The summed E-state index contributed by atoms with van der Waals surface area (Å²) >= 11 is 3.45. The molecule has 4 aliphatic rings. The molecule has 182 valence electrons. The fourth-order valence-corrected chi connectivity index (χ4v) is 9.40. The van der Waals surface area contributed by atoms with E-state index in [2.05, 4.69) is 41.9 Å². The second-order valence-corrected chi connectivity index (χ2v) is 12.9. The van der Waals surface area contributed by atoms with Gasteiger partial charge in [-0.05, 0) is 97.9 Å². The number of alkyl halides is 1. The largest absolute Gasteiger partial charge is 0.387 e. The lowest BCUT2D eigenvalue weighted by Gasteiger charge is -2.62. The molecule has 0 amide bonds. The highest BCUT2D eigenvalue weighted by molar-refractivity contribution is 9.09. The number of Topliss-reactive ketones (excluding diaryl/α,β-unsaturated/α-hetero) is 1. The summed E-state index contributed by atoms with van der Waals surface area (Å²) in [7, 11) is 0. The van der Waals surface area contributed by atoms with Crippen LogP contribution in [0.2, 0.25) is 0 Å². The topological polar surface area (TPSA) is 46.5 Å². The summed E-state index contributed by atoms with van der Waals surface area (Å²) in [6.07, 6.45) is 10.1. The number of aliphatic hydroxyl groups is 1. The molecule has 33 heavy (non-hydrogen) atoms. The van der Waals surface area contributed by atoms with Gasteiger partial charge in [-0.2, -0.15) is 0 Å². The number of rotatable bonds is 6. The van der Waals surface area contributed by atoms with Crippen LogP contribution in [-0.2, 0) is 16.1 Å².